The van der Waals surface area contributed by atoms with Gasteiger partial charge in [0.25, 0.3) is 0 Å². The second kappa shape index (κ2) is 9.30. The monoisotopic (exact) mass is 387 g/mol. The van der Waals surface area contributed by atoms with E-state index in [4.69, 9.17) is 9.47 Å². The number of piperazine rings is 1. The minimum absolute atomic E-state index is 0.0909. The Balaban J connectivity index is 1.47. The van der Waals surface area contributed by atoms with Crippen molar-refractivity contribution in [1.82, 2.24) is 4.90 Å². The van der Waals surface area contributed by atoms with Crippen molar-refractivity contribution in [2.45, 2.75) is 6.42 Å². The van der Waals surface area contributed by atoms with Gasteiger partial charge in [-0.1, -0.05) is 12.1 Å². The summed E-state index contributed by atoms with van der Waals surface area (Å²) in [5, 5.41) is 3.24. The van der Waals surface area contributed by atoms with Crippen LogP contribution in [0, 0.1) is 5.82 Å². The summed E-state index contributed by atoms with van der Waals surface area (Å²) in [6.45, 7) is 2.96. The fourth-order valence-corrected chi connectivity index (χ4v) is 3.31. The van der Waals surface area contributed by atoms with Crippen LogP contribution in [0.5, 0.6) is 11.5 Å². The van der Waals surface area contributed by atoms with Crippen molar-refractivity contribution >= 4 is 17.3 Å². The van der Waals surface area contributed by atoms with Crippen molar-refractivity contribution in [3.05, 3.63) is 48.3 Å². The maximum absolute atomic E-state index is 13.9. The summed E-state index contributed by atoms with van der Waals surface area (Å²) in [6.07, 6.45) is 0.384. The maximum atomic E-state index is 13.9. The molecule has 1 fully saturated rings. The summed E-state index contributed by atoms with van der Waals surface area (Å²) >= 11 is 0. The van der Waals surface area contributed by atoms with Gasteiger partial charge in [0, 0.05) is 45.2 Å². The first-order valence-corrected chi connectivity index (χ1v) is 9.35. The van der Waals surface area contributed by atoms with Gasteiger partial charge in [-0.15, -0.1) is 0 Å². The highest BCUT2D eigenvalue weighted by atomic mass is 19.1. The van der Waals surface area contributed by atoms with Crippen molar-refractivity contribution in [3.8, 4) is 11.5 Å². The molecule has 1 aliphatic rings. The Morgan fingerprint density at radius 1 is 1.07 bits per heavy atom. The van der Waals surface area contributed by atoms with Crippen LogP contribution in [0.15, 0.2) is 42.5 Å². The smallest absolute Gasteiger partial charge is 0.224 e. The molecule has 0 saturated carbocycles. The highest BCUT2D eigenvalue weighted by Gasteiger charge is 2.22. The fraction of sp³-hybridized carbons (Fsp3) is 0.381. The summed E-state index contributed by atoms with van der Waals surface area (Å²) in [5.74, 6) is 1.25. The van der Waals surface area contributed by atoms with Crippen LogP contribution in [-0.4, -0.2) is 57.8 Å². The molecule has 0 atom stereocenters. The van der Waals surface area contributed by atoms with Gasteiger partial charge in [0.05, 0.1) is 25.6 Å². The van der Waals surface area contributed by atoms with E-state index in [1.165, 1.54) is 6.07 Å². The van der Waals surface area contributed by atoms with Gasteiger partial charge < -0.3 is 24.6 Å². The minimum Gasteiger partial charge on any atom is -0.497 e. The minimum atomic E-state index is -0.222. The molecule has 0 bridgehead atoms. The molecule has 2 aromatic rings. The lowest BCUT2D eigenvalue weighted by atomic mass is 10.2. The Morgan fingerprint density at radius 2 is 1.82 bits per heavy atom. The van der Waals surface area contributed by atoms with Gasteiger partial charge in [0.15, 0.2) is 0 Å². The SMILES string of the molecule is COc1ccc(NCCC(=O)N2CCN(c3ccccc3F)CC2)c(OC)c1. The Bertz CT molecular complexity index is 807. The number of hydrogen-bond donors (Lipinski definition) is 1. The maximum Gasteiger partial charge on any atom is 0.224 e. The van der Waals surface area contributed by atoms with E-state index < -0.39 is 0 Å². The molecule has 1 aliphatic heterocycles. The number of amides is 1. The van der Waals surface area contributed by atoms with Crippen LogP contribution in [0.3, 0.4) is 0 Å². The molecule has 0 radical (unpaired) electrons. The van der Waals surface area contributed by atoms with E-state index in [2.05, 4.69) is 5.32 Å². The zero-order valence-corrected chi connectivity index (χ0v) is 16.3. The summed E-state index contributed by atoms with van der Waals surface area (Å²) in [4.78, 5) is 16.3. The summed E-state index contributed by atoms with van der Waals surface area (Å²) in [7, 11) is 3.20. The standard InChI is InChI=1S/C21H26FN3O3/c1-27-16-7-8-18(20(15-16)28-2)23-10-9-21(26)25-13-11-24(12-14-25)19-6-4-3-5-17(19)22/h3-8,15,23H,9-14H2,1-2H3. The van der Waals surface area contributed by atoms with E-state index in [-0.39, 0.29) is 11.7 Å². The summed E-state index contributed by atoms with van der Waals surface area (Å²) in [5.41, 5.74) is 1.42. The number of rotatable bonds is 7. The zero-order chi connectivity index (χ0) is 19.9. The van der Waals surface area contributed by atoms with Gasteiger partial charge in [-0.3, -0.25) is 4.79 Å². The molecule has 2 aromatic carbocycles. The number of nitrogens with zero attached hydrogens (tertiary/aromatic N) is 2. The zero-order valence-electron chi connectivity index (χ0n) is 16.3. The normalized spacial score (nSPS) is 14.0. The lowest BCUT2D eigenvalue weighted by Gasteiger charge is -2.36. The Morgan fingerprint density at radius 3 is 2.50 bits per heavy atom. The molecule has 1 N–H and O–H groups in total. The van der Waals surface area contributed by atoms with Crippen molar-refractivity contribution in [1.29, 1.82) is 0 Å². The first-order chi connectivity index (χ1) is 13.6. The molecule has 0 aromatic heterocycles. The van der Waals surface area contributed by atoms with Crippen molar-refractivity contribution < 1.29 is 18.7 Å². The molecular formula is C21H26FN3O3. The van der Waals surface area contributed by atoms with E-state index in [0.29, 0.717) is 56.3 Å². The number of para-hydroxylation sites is 1. The number of halogens is 1. The average Bonchev–Trinajstić information content (AvgIpc) is 2.74. The molecular weight excluding hydrogens is 361 g/mol. The molecule has 1 heterocycles. The number of benzene rings is 2. The van der Waals surface area contributed by atoms with Crippen LogP contribution in [0.2, 0.25) is 0 Å². The van der Waals surface area contributed by atoms with Crippen molar-refractivity contribution in [3.63, 3.8) is 0 Å². The van der Waals surface area contributed by atoms with Crippen LogP contribution in [0.25, 0.3) is 0 Å². The highest BCUT2D eigenvalue weighted by Crippen LogP contribution is 2.29. The van der Waals surface area contributed by atoms with Gasteiger partial charge in [0.2, 0.25) is 5.91 Å². The number of carbonyl (C=O) groups excluding carboxylic acids is 1. The number of carbonyl (C=O) groups is 1. The third-order valence-corrected chi connectivity index (χ3v) is 4.89. The third-order valence-electron chi connectivity index (χ3n) is 4.89. The van der Waals surface area contributed by atoms with Crippen LogP contribution in [-0.2, 0) is 4.79 Å². The van der Waals surface area contributed by atoms with Gasteiger partial charge in [0.1, 0.15) is 17.3 Å². The fourth-order valence-electron chi connectivity index (χ4n) is 3.31. The molecule has 0 spiro atoms. The quantitative estimate of drug-likeness (QED) is 0.792. The largest absolute Gasteiger partial charge is 0.497 e. The van der Waals surface area contributed by atoms with Gasteiger partial charge in [-0.25, -0.2) is 4.39 Å². The molecule has 7 heteroatoms. The molecule has 28 heavy (non-hydrogen) atoms. The van der Waals surface area contributed by atoms with Gasteiger partial charge in [-0.2, -0.15) is 0 Å². The lowest BCUT2D eigenvalue weighted by molar-refractivity contribution is -0.131. The second-order valence-corrected chi connectivity index (χ2v) is 6.56. The number of nitrogens with one attached hydrogen (secondary N) is 1. The first kappa shape index (κ1) is 19.8. The van der Waals surface area contributed by atoms with Crippen LogP contribution in [0.4, 0.5) is 15.8 Å². The third kappa shape index (κ3) is 4.65. The molecule has 1 amide bonds. The Kier molecular flexibility index (Phi) is 6.57. The number of hydrogen-bond acceptors (Lipinski definition) is 5. The number of anilines is 2. The topological polar surface area (TPSA) is 54.0 Å². The van der Waals surface area contributed by atoms with Crippen LogP contribution >= 0.6 is 0 Å². The predicted molar refractivity (Wildman–Crippen MR) is 108 cm³/mol. The average molecular weight is 387 g/mol. The molecule has 150 valence electrons. The van der Waals surface area contributed by atoms with E-state index >= 15 is 0 Å². The first-order valence-electron chi connectivity index (χ1n) is 9.35. The van der Waals surface area contributed by atoms with E-state index in [0.717, 1.165) is 5.69 Å². The molecule has 1 saturated heterocycles. The summed E-state index contributed by atoms with van der Waals surface area (Å²) in [6, 6.07) is 12.3. The highest BCUT2D eigenvalue weighted by molar-refractivity contribution is 5.77. The van der Waals surface area contributed by atoms with Crippen molar-refractivity contribution in [2.24, 2.45) is 0 Å². The van der Waals surface area contributed by atoms with E-state index in [1.54, 1.807) is 32.4 Å². The Hall–Kier alpha value is -2.96. The van der Waals surface area contributed by atoms with Gasteiger partial charge in [-0.05, 0) is 24.3 Å². The lowest BCUT2D eigenvalue weighted by Crippen LogP contribution is -2.49. The predicted octanol–water partition coefficient (Wildman–Crippen LogP) is 2.99. The molecule has 6 nitrogen and oxygen atoms in total. The summed E-state index contributed by atoms with van der Waals surface area (Å²) < 4.78 is 24.5. The molecule has 0 aliphatic carbocycles. The van der Waals surface area contributed by atoms with E-state index in [1.807, 2.05) is 28.0 Å². The molecule has 3 rings (SSSR count). The Labute approximate surface area is 164 Å². The van der Waals surface area contributed by atoms with Crippen molar-refractivity contribution in [2.75, 3.05) is 57.2 Å². The van der Waals surface area contributed by atoms with Crippen LogP contribution in [0.1, 0.15) is 6.42 Å². The van der Waals surface area contributed by atoms with Crippen LogP contribution < -0.4 is 19.7 Å². The second-order valence-electron chi connectivity index (χ2n) is 6.56. The molecule has 0 unspecified atom stereocenters. The number of methoxy groups -OCH3 is 2. The van der Waals surface area contributed by atoms with Gasteiger partial charge >= 0.3 is 0 Å². The number of ether oxygens (including phenoxy) is 2. The van der Waals surface area contributed by atoms with E-state index in [9.17, 15) is 9.18 Å².